The van der Waals surface area contributed by atoms with Gasteiger partial charge in [0.2, 0.25) is 0 Å². The van der Waals surface area contributed by atoms with E-state index in [0.29, 0.717) is 39.3 Å². The molecule has 0 fully saturated rings. The van der Waals surface area contributed by atoms with Crippen LogP contribution in [0.3, 0.4) is 0 Å². The number of esters is 1. The molecule has 0 saturated carbocycles. The van der Waals surface area contributed by atoms with Crippen LogP contribution in [0.4, 0.5) is 4.79 Å². The molecule has 1 amide bonds. The van der Waals surface area contributed by atoms with Crippen LogP contribution in [0.1, 0.15) is 220 Å². The van der Waals surface area contributed by atoms with Crippen LogP contribution in [-0.2, 0) is 23.7 Å². The summed E-state index contributed by atoms with van der Waals surface area (Å²) in [5.74, 6) is -0.170. The maximum Gasteiger partial charge on any atom is 0.409 e. The highest BCUT2D eigenvalue weighted by molar-refractivity contribution is 5.69. The molecular formula is C47H94N2O7. The maximum atomic E-state index is 12.9. The molecule has 0 saturated heterocycles. The van der Waals surface area contributed by atoms with Gasteiger partial charge in [0.1, 0.15) is 0 Å². The van der Waals surface area contributed by atoms with E-state index in [-0.39, 0.29) is 25.0 Å². The zero-order chi connectivity index (χ0) is 41.0. The minimum Gasteiger partial charge on any atom is -0.466 e. The maximum absolute atomic E-state index is 12.9. The van der Waals surface area contributed by atoms with Crippen LogP contribution in [0.15, 0.2) is 0 Å². The van der Waals surface area contributed by atoms with Crippen LogP contribution >= 0.6 is 0 Å². The number of amides is 1. The summed E-state index contributed by atoms with van der Waals surface area (Å²) in [6, 6.07) is 0. The van der Waals surface area contributed by atoms with Crippen molar-refractivity contribution in [3.8, 4) is 0 Å². The lowest BCUT2D eigenvalue weighted by atomic mass is 10.1. The van der Waals surface area contributed by atoms with E-state index in [0.717, 1.165) is 110 Å². The third kappa shape index (κ3) is 38.1. The molecule has 0 aromatic rings. The minimum absolute atomic E-state index is 0.130. The first-order chi connectivity index (χ1) is 27.5. The van der Waals surface area contributed by atoms with Gasteiger partial charge < -0.3 is 33.9 Å². The second-order valence-corrected chi connectivity index (χ2v) is 16.1. The van der Waals surface area contributed by atoms with Crippen molar-refractivity contribution in [3.05, 3.63) is 0 Å². The van der Waals surface area contributed by atoms with Crippen molar-refractivity contribution in [1.29, 1.82) is 0 Å². The number of ether oxygens (including phenoxy) is 4. The highest BCUT2D eigenvalue weighted by atomic mass is 16.7. The molecule has 334 valence electrons. The molecule has 0 bridgehead atoms. The highest BCUT2D eigenvalue weighted by Gasteiger charge is 2.15. The van der Waals surface area contributed by atoms with Gasteiger partial charge in [0, 0.05) is 39.3 Å². The summed E-state index contributed by atoms with van der Waals surface area (Å²) in [5.41, 5.74) is 0. The largest absolute Gasteiger partial charge is 0.466 e. The molecule has 0 rings (SSSR count). The van der Waals surface area contributed by atoms with E-state index >= 15 is 0 Å². The van der Waals surface area contributed by atoms with E-state index in [1.54, 1.807) is 0 Å². The van der Waals surface area contributed by atoms with Gasteiger partial charge in [-0.2, -0.15) is 0 Å². The number of nitrogens with zero attached hydrogens (tertiary/aromatic N) is 2. The first-order valence-corrected chi connectivity index (χ1v) is 24.2. The van der Waals surface area contributed by atoms with E-state index in [1.165, 1.54) is 103 Å². The second-order valence-electron chi connectivity index (χ2n) is 16.1. The molecule has 0 aliphatic carbocycles. The SMILES string of the molecule is CCCCCCCCN(CCCCCC)C(=O)OCCCCCCN(CCCCO)CCCCOC(=O)CCC(OCCCCCCC)OCCCCCCC. The number of unbranched alkanes of at least 4 members (excludes halogenated alkanes) is 21. The third-order valence-corrected chi connectivity index (χ3v) is 10.6. The van der Waals surface area contributed by atoms with Crippen LogP contribution in [-0.4, -0.2) is 99.0 Å². The van der Waals surface area contributed by atoms with Gasteiger partial charge in [-0.05, 0) is 83.8 Å². The fourth-order valence-electron chi connectivity index (χ4n) is 6.92. The molecule has 1 N–H and O–H groups in total. The Morgan fingerprint density at radius 1 is 0.446 bits per heavy atom. The molecule has 0 aromatic heterocycles. The van der Waals surface area contributed by atoms with Crippen LogP contribution in [0.5, 0.6) is 0 Å². The topological polar surface area (TPSA) is 97.8 Å². The molecule has 56 heavy (non-hydrogen) atoms. The lowest BCUT2D eigenvalue weighted by Gasteiger charge is -2.23. The van der Waals surface area contributed by atoms with E-state index in [4.69, 9.17) is 18.9 Å². The number of carbonyl (C=O) groups is 2. The molecule has 0 radical (unpaired) electrons. The molecular weight excluding hydrogens is 705 g/mol. The highest BCUT2D eigenvalue weighted by Crippen LogP contribution is 2.13. The van der Waals surface area contributed by atoms with Crippen LogP contribution < -0.4 is 0 Å². The van der Waals surface area contributed by atoms with E-state index in [1.807, 2.05) is 4.90 Å². The number of aliphatic hydroxyl groups is 1. The molecule has 0 aliphatic rings. The zero-order valence-corrected chi connectivity index (χ0v) is 37.7. The second kappa shape index (κ2) is 44.7. The average Bonchev–Trinajstić information content (AvgIpc) is 3.20. The quantitative estimate of drug-likeness (QED) is 0.0369. The number of hydrogen-bond donors (Lipinski definition) is 1. The monoisotopic (exact) mass is 799 g/mol. The van der Waals surface area contributed by atoms with Gasteiger partial charge in [-0.15, -0.1) is 0 Å². The lowest BCUT2D eigenvalue weighted by molar-refractivity contribution is -0.159. The molecule has 0 unspecified atom stereocenters. The number of rotatable bonds is 45. The van der Waals surface area contributed by atoms with Crippen molar-refractivity contribution < 1.29 is 33.6 Å². The number of carbonyl (C=O) groups excluding carboxylic acids is 2. The van der Waals surface area contributed by atoms with Crippen LogP contribution in [0, 0.1) is 0 Å². The molecule has 0 aliphatic heterocycles. The molecule has 0 aromatic carbocycles. The third-order valence-electron chi connectivity index (χ3n) is 10.6. The summed E-state index contributed by atoms with van der Waals surface area (Å²) >= 11 is 0. The zero-order valence-electron chi connectivity index (χ0n) is 37.7. The van der Waals surface area contributed by atoms with Crippen LogP contribution in [0.25, 0.3) is 0 Å². The Kier molecular flexibility index (Phi) is 43.5. The van der Waals surface area contributed by atoms with Gasteiger partial charge in [-0.3, -0.25) is 4.79 Å². The number of hydrogen-bond acceptors (Lipinski definition) is 8. The number of aliphatic hydroxyl groups excluding tert-OH is 1. The summed E-state index contributed by atoms with van der Waals surface area (Å²) < 4.78 is 23.5. The van der Waals surface area contributed by atoms with E-state index in [2.05, 4.69) is 32.6 Å². The Hall–Kier alpha value is -1.42. The minimum atomic E-state index is -0.336. The first kappa shape index (κ1) is 54.6. The first-order valence-electron chi connectivity index (χ1n) is 24.2. The predicted molar refractivity (Wildman–Crippen MR) is 234 cm³/mol. The average molecular weight is 799 g/mol. The smallest absolute Gasteiger partial charge is 0.409 e. The fourth-order valence-corrected chi connectivity index (χ4v) is 6.92. The van der Waals surface area contributed by atoms with Crippen molar-refractivity contribution in [1.82, 2.24) is 9.80 Å². The van der Waals surface area contributed by atoms with Gasteiger partial charge in [-0.1, -0.05) is 143 Å². The van der Waals surface area contributed by atoms with Gasteiger partial charge in [0.15, 0.2) is 6.29 Å². The van der Waals surface area contributed by atoms with Gasteiger partial charge in [0.25, 0.3) is 0 Å². The van der Waals surface area contributed by atoms with Gasteiger partial charge in [-0.25, -0.2) is 4.79 Å². The Labute approximate surface area is 347 Å². The van der Waals surface area contributed by atoms with Crippen LogP contribution in [0.2, 0.25) is 0 Å². The molecule has 0 spiro atoms. The summed E-state index contributed by atoms with van der Waals surface area (Å²) in [4.78, 5) is 29.9. The van der Waals surface area contributed by atoms with E-state index < -0.39 is 0 Å². The van der Waals surface area contributed by atoms with Crippen molar-refractivity contribution in [2.45, 2.75) is 227 Å². The fraction of sp³-hybridized carbons (Fsp3) is 0.957. The van der Waals surface area contributed by atoms with Crippen molar-refractivity contribution in [2.24, 2.45) is 0 Å². The van der Waals surface area contributed by atoms with Crippen molar-refractivity contribution in [3.63, 3.8) is 0 Å². The Bertz CT molecular complexity index is 801. The van der Waals surface area contributed by atoms with Crippen molar-refractivity contribution in [2.75, 3.05) is 65.8 Å². The summed E-state index contributed by atoms with van der Waals surface area (Å²) in [5, 5.41) is 9.31. The standard InChI is InChI=1S/C47H94N2O7/c1-5-9-13-17-18-25-39-49(38-24-16-12-8-4)47(52)56-44-31-22-19-23-35-48(36-26-28-40-50)37-27-32-41-53-45(51)33-34-46(54-42-29-20-14-10-6-2)55-43-30-21-15-11-7-3/h46,50H,5-44H2,1-4H3. The summed E-state index contributed by atoms with van der Waals surface area (Å²) in [6.45, 7) is 16.0. The van der Waals surface area contributed by atoms with Gasteiger partial charge >= 0.3 is 12.1 Å². The summed E-state index contributed by atoms with van der Waals surface area (Å²) in [6.07, 6.45) is 32.1. The Balaban J connectivity index is 4.41. The predicted octanol–water partition coefficient (Wildman–Crippen LogP) is 12.4. The molecule has 0 atom stereocenters. The van der Waals surface area contributed by atoms with Crippen molar-refractivity contribution >= 4 is 12.1 Å². The summed E-state index contributed by atoms with van der Waals surface area (Å²) in [7, 11) is 0. The Morgan fingerprint density at radius 2 is 0.821 bits per heavy atom. The Morgan fingerprint density at radius 3 is 1.34 bits per heavy atom. The van der Waals surface area contributed by atoms with E-state index in [9.17, 15) is 14.7 Å². The normalized spacial score (nSPS) is 11.6. The molecule has 9 nitrogen and oxygen atoms in total. The lowest BCUT2D eigenvalue weighted by Crippen LogP contribution is -2.33. The van der Waals surface area contributed by atoms with Gasteiger partial charge in [0.05, 0.1) is 19.6 Å². The molecule has 0 heterocycles. The molecule has 9 heteroatoms.